The van der Waals surface area contributed by atoms with Crippen LogP contribution in [0.5, 0.6) is 5.75 Å². The molecule has 1 aromatic heterocycles. The highest BCUT2D eigenvalue weighted by Crippen LogP contribution is 2.27. The molecule has 3 aromatic carbocycles. The molecule has 0 spiro atoms. The number of benzene rings is 3. The zero-order chi connectivity index (χ0) is 23.4. The second-order valence-electron chi connectivity index (χ2n) is 7.54. The fraction of sp³-hybridized carbons (Fsp3) is 0.192. The van der Waals surface area contributed by atoms with Crippen molar-refractivity contribution in [2.24, 2.45) is 0 Å². The van der Waals surface area contributed by atoms with E-state index in [2.05, 4.69) is 5.32 Å². The van der Waals surface area contributed by atoms with E-state index < -0.39 is 5.25 Å². The molecule has 0 bridgehead atoms. The maximum atomic E-state index is 13.4. The van der Waals surface area contributed by atoms with Gasteiger partial charge in [0.1, 0.15) is 5.75 Å². The molecule has 4 aromatic rings. The average molecular weight is 460 g/mol. The fourth-order valence-corrected chi connectivity index (χ4v) is 4.36. The molecule has 1 atom stereocenters. The number of hydrogen-bond acceptors (Lipinski definition) is 5. The molecule has 33 heavy (non-hydrogen) atoms. The van der Waals surface area contributed by atoms with Crippen molar-refractivity contribution >= 4 is 34.3 Å². The number of aromatic nitrogens is 2. The van der Waals surface area contributed by atoms with Crippen molar-refractivity contribution in [1.29, 1.82) is 0 Å². The Kier molecular flexibility index (Phi) is 6.79. The van der Waals surface area contributed by atoms with Crippen LogP contribution in [-0.4, -0.2) is 27.3 Å². The predicted molar refractivity (Wildman–Crippen MR) is 134 cm³/mol. The minimum Gasteiger partial charge on any atom is -0.494 e. The molecule has 0 aliphatic rings. The first-order valence-corrected chi connectivity index (χ1v) is 11.6. The summed E-state index contributed by atoms with van der Waals surface area (Å²) in [6.45, 7) is 6.24. The van der Waals surface area contributed by atoms with Crippen LogP contribution in [0.3, 0.4) is 0 Å². The van der Waals surface area contributed by atoms with E-state index in [1.165, 1.54) is 11.8 Å². The van der Waals surface area contributed by atoms with Gasteiger partial charge in [0.05, 0.1) is 28.4 Å². The molecule has 0 unspecified atom stereocenters. The van der Waals surface area contributed by atoms with E-state index in [1.54, 1.807) is 16.7 Å². The van der Waals surface area contributed by atoms with Gasteiger partial charge in [0.2, 0.25) is 5.91 Å². The second kappa shape index (κ2) is 9.92. The lowest BCUT2D eigenvalue weighted by Crippen LogP contribution is -2.26. The lowest BCUT2D eigenvalue weighted by atomic mass is 10.2. The number of fused-ring (bicyclic) bond motifs is 1. The van der Waals surface area contributed by atoms with Crippen molar-refractivity contribution in [3.8, 4) is 11.4 Å². The van der Waals surface area contributed by atoms with E-state index in [1.807, 2.05) is 81.4 Å². The Morgan fingerprint density at radius 2 is 1.76 bits per heavy atom. The highest BCUT2D eigenvalue weighted by Gasteiger charge is 2.21. The van der Waals surface area contributed by atoms with Gasteiger partial charge in [0.15, 0.2) is 5.16 Å². The van der Waals surface area contributed by atoms with Crippen molar-refractivity contribution in [2.45, 2.75) is 31.2 Å². The van der Waals surface area contributed by atoms with E-state index in [0.29, 0.717) is 28.4 Å². The first kappa shape index (κ1) is 22.6. The number of rotatable bonds is 7. The lowest BCUT2D eigenvalue weighted by Gasteiger charge is -2.17. The molecule has 6 nitrogen and oxygen atoms in total. The van der Waals surface area contributed by atoms with Crippen molar-refractivity contribution < 1.29 is 9.53 Å². The van der Waals surface area contributed by atoms with Gasteiger partial charge < -0.3 is 10.1 Å². The van der Waals surface area contributed by atoms with Crippen molar-refractivity contribution in [3.05, 3.63) is 88.7 Å². The molecular weight excluding hydrogens is 434 g/mol. The molecule has 0 radical (unpaired) electrons. The summed E-state index contributed by atoms with van der Waals surface area (Å²) in [6, 6.07) is 22.2. The third-order valence-electron chi connectivity index (χ3n) is 5.21. The Hall–Kier alpha value is -3.58. The zero-order valence-electron chi connectivity index (χ0n) is 18.7. The van der Waals surface area contributed by atoms with Gasteiger partial charge in [0, 0.05) is 5.69 Å². The smallest absolute Gasteiger partial charge is 0.266 e. The highest BCUT2D eigenvalue weighted by molar-refractivity contribution is 8.00. The second-order valence-corrected chi connectivity index (χ2v) is 8.85. The quantitative estimate of drug-likeness (QED) is 0.303. The number of anilines is 1. The number of carbonyl (C=O) groups is 1. The van der Waals surface area contributed by atoms with Gasteiger partial charge in [-0.3, -0.25) is 14.2 Å². The number of nitrogens with zero attached hydrogens (tertiary/aromatic N) is 2. The molecule has 0 saturated heterocycles. The first-order chi connectivity index (χ1) is 16.0. The molecule has 0 aliphatic carbocycles. The zero-order valence-corrected chi connectivity index (χ0v) is 19.6. The normalized spacial score (nSPS) is 11.8. The molecule has 168 valence electrons. The summed E-state index contributed by atoms with van der Waals surface area (Å²) in [4.78, 5) is 31.1. The molecule has 1 heterocycles. The summed E-state index contributed by atoms with van der Waals surface area (Å²) < 4.78 is 7.08. The Labute approximate surface area is 196 Å². The third-order valence-corrected chi connectivity index (χ3v) is 6.26. The van der Waals surface area contributed by atoms with Crippen LogP contribution in [0.2, 0.25) is 0 Å². The number of carbonyl (C=O) groups excluding carboxylic acids is 1. The monoisotopic (exact) mass is 459 g/mol. The summed E-state index contributed by atoms with van der Waals surface area (Å²) >= 11 is 1.25. The molecule has 0 fully saturated rings. The SMILES string of the molecule is CCOc1ccc(-n2c(S[C@@H](C)C(=O)Nc3ccccc3C)nc3ccccc3c2=O)cc1. The number of para-hydroxylation sites is 2. The topological polar surface area (TPSA) is 73.2 Å². The summed E-state index contributed by atoms with van der Waals surface area (Å²) in [5.74, 6) is 0.568. The standard InChI is InChI=1S/C26H25N3O3S/c1-4-32-20-15-13-19(14-16-20)29-25(31)21-10-6-8-12-23(21)28-26(29)33-18(3)24(30)27-22-11-7-5-9-17(22)2/h5-16,18H,4H2,1-3H3,(H,27,30)/t18-/m0/s1. The number of nitrogens with one attached hydrogen (secondary N) is 1. The summed E-state index contributed by atoms with van der Waals surface area (Å²) in [6.07, 6.45) is 0. The summed E-state index contributed by atoms with van der Waals surface area (Å²) in [7, 11) is 0. The van der Waals surface area contributed by atoms with Gasteiger partial charge in [-0.1, -0.05) is 42.1 Å². The van der Waals surface area contributed by atoms with E-state index in [-0.39, 0.29) is 11.5 Å². The predicted octanol–water partition coefficient (Wildman–Crippen LogP) is 5.21. The summed E-state index contributed by atoms with van der Waals surface area (Å²) in [5, 5.41) is 3.47. The van der Waals surface area contributed by atoms with Gasteiger partial charge in [0.25, 0.3) is 5.56 Å². The molecule has 0 saturated carbocycles. The largest absolute Gasteiger partial charge is 0.494 e. The number of aryl methyl sites for hydroxylation is 1. The highest BCUT2D eigenvalue weighted by atomic mass is 32.2. The van der Waals surface area contributed by atoms with Crippen molar-refractivity contribution in [1.82, 2.24) is 9.55 Å². The lowest BCUT2D eigenvalue weighted by molar-refractivity contribution is -0.115. The fourth-order valence-electron chi connectivity index (χ4n) is 3.44. The van der Waals surface area contributed by atoms with Crippen molar-refractivity contribution in [2.75, 3.05) is 11.9 Å². The Morgan fingerprint density at radius 3 is 2.48 bits per heavy atom. The van der Waals surface area contributed by atoms with E-state index in [0.717, 1.165) is 17.0 Å². The third kappa shape index (κ3) is 4.93. The molecule has 0 aliphatic heterocycles. The Morgan fingerprint density at radius 1 is 1.06 bits per heavy atom. The molecule has 1 N–H and O–H groups in total. The maximum Gasteiger partial charge on any atom is 0.266 e. The van der Waals surface area contributed by atoms with Crippen LogP contribution in [0.15, 0.2) is 82.7 Å². The minimum absolute atomic E-state index is 0.157. The Bertz CT molecular complexity index is 1350. The summed E-state index contributed by atoms with van der Waals surface area (Å²) in [5.41, 5.74) is 2.83. The van der Waals surface area contributed by atoms with Gasteiger partial charge in [-0.15, -0.1) is 0 Å². The van der Waals surface area contributed by atoms with Gasteiger partial charge in [-0.25, -0.2) is 4.98 Å². The number of hydrogen-bond donors (Lipinski definition) is 1. The van der Waals surface area contributed by atoms with E-state index in [4.69, 9.17) is 9.72 Å². The number of thioether (sulfide) groups is 1. The Balaban J connectivity index is 1.71. The van der Waals surface area contributed by atoms with Gasteiger partial charge in [-0.2, -0.15) is 0 Å². The molecule has 1 amide bonds. The average Bonchev–Trinajstić information content (AvgIpc) is 2.82. The van der Waals surface area contributed by atoms with E-state index in [9.17, 15) is 9.59 Å². The van der Waals surface area contributed by atoms with Crippen LogP contribution < -0.4 is 15.6 Å². The van der Waals surface area contributed by atoms with E-state index >= 15 is 0 Å². The van der Waals surface area contributed by atoms with Crippen LogP contribution in [0.4, 0.5) is 5.69 Å². The van der Waals surface area contributed by atoms with Crippen LogP contribution in [0.1, 0.15) is 19.4 Å². The molecule has 4 rings (SSSR count). The van der Waals surface area contributed by atoms with Gasteiger partial charge >= 0.3 is 0 Å². The maximum absolute atomic E-state index is 13.4. The number of amides is 1. The number of ether oxygens (including phenoxy) is 1. The molecule has 7 heteroatoms. The van der Waals surface area contributed by atoms with Crippen molar-refractivity contribution in [3.63, 3.8) is 0 Å². The van der Waals surface area contributed by atoms with Crippen LogP contribution in [-0.2, 0) is 4.79 Å². The minimum atomic E-state index is -0.480. The first-order valence-electron chi connectivity index (χ1n) is 10.8. The van der Waals surface area contributed by atoms with Crippen LogP contribution in [0, 0.1) is 6.92 Å². The van der Waals surface area contributed by atoms with Crippen LogP contribution in [0.25, 0.3) is 16.6 Å². The van der Waals surface area contributed by atoms with Crippen LogP contribution >= 0.6 is 11.8 Å². The van der Waals surface area contributed by atoms with Gasteiger partial charge in [-0.05, 0) is 68.8 Å². The molecular formula is C26H25N3O3S.